The van der Waals surface area contributed by atoms with Gasteiger partial charge in [-0.05, 0) is 49.1 Å². The van der Waals surface area contributed by atoms with Crippen LogP contribution in [-0.2, 0) is 0 Å². The van der Waals surface area contributed by atoms with Gasteiger partial charge in [-0.15, -0.1) is 0 Å². The average Bonchev–Trinajstić information content (AvgIpc) is 3.11. The highest BCUT2D eigenvalue weighted by molar-refractivity contribution is 9.11. The number of nitrogens with one attached hydrogen (secondary N) is 1. The summed E-state index contributed by atoms with van der Waals surface area (Å²) in [7, 11) is 0. The lowest BCUT2D eigenvalue weighted by atomic mass is 10.0. The van der Waals surface area contributed by atoms with Crippen LogP contribution in [0.25, 0.3) is 0 Å². The van der Waals surface area contributed by atoms with E-state index in [9.17, 15) is 0 Å². The summed E-state index contributed by atoms with van der Waals surface area (Å²) in [6.07, 6.45) is 5.29. The molecule has 0 spiro atoms. The molecule has 0 saturated heterocycles. The zero-order valence-corrected chi connectivity index (χ0v) is 13.4. The summed E-state index contributed by atoms with van der Waals surface area (Å²) in [5.41, 5.74) is 1.39. The van der Waals surface area contributed by atoms with Crippen LogP contribution in [0.5, 0.6) is 0 Å². The lowest BCUT2D eigenvalue weighted by Gasteiger charge is -2.20. The molecule has 1 atom stereocenters. The van der Waals surface area contributed by atoms with Gasteiger partial charge in [0.05, 0.1) is 0 Å². The number of halogens is 2. The second-order valence-corrected chi connectivity index (χ2v) is 6.62. The molecular weight excluding hydrogens is 342 g/mol. The summed E-state index contributed by atoms with van der Waals surface area (Å²) >= 11 is 7.24. The van der Waals surface area contributed by atoms with Crippen LogP contribution in [0.4, 0.5) is 0 Å². The van der Waals surface area contributed by atoms with Crippen molar-refractivity contribution in [3.05, 3.63) is 32.7 Å². The van der Waals surface area contributed by atoms with E-state index in [0.717, 1.165) is 16.9 Å². The molecule has 0 radical (unpaired) electrons. The highest BCUT2D eigenvalue weighted by atomic mass is 79.9. The smallest absolute Gasteiger partial charge is 0.0334 e. The minimum absolute atomic E-state index is 0.495. The molecule has 1 aliphatic carbocycles. The first-order chi connectivity index (χ1) is 8.20. The van der Waals surface area contributed by atoms with Crippen LogP contribution >= 0.6 is 31.9 Å². The Morgan fingerprint density at radius 3 is 2.76 bits per heavy atom. The van der Waals surface area contributed by atoms with Crippen molar-refractivity contribution in [2.24, 2.45) is 5.92 Å². The van der Waals surface area contributed by atoms with Crippen molar-refractivity contribution in [3.63, 3.8) is 0 Å². The largest absolute Gasteiger partial charge is 0.310 e. The van der Waals surface area contributed by atoms with E-state index in [1.54, 1.807) is 0 Å². The van der Waals surface area contributed by atoms with Gasteiger partial charge in [0.25, 0.3) is 0 Å². The van der Waals surface area contributed by atoms with Gasteiger partial charge in [-0.2, -0.15) is 0 Å². The van der Waals surface area contributed by atoms with Crippen LogP contribution in [0, 0.1) is 5.92 Å². The average molecular weight is 361 g/mol. The third-order valence-corrected chi connectivity index (χ3v) is 4.46. The molecule has 0 amide bonds. The maximum Gasteiger partial charge on any atom is 0.0334 e. The topological polar surface area (TPSA) is 12.0 Å². The summed E-state index contributed by atoms with van der Waals surface area (Å²) in [6, 6.07) is 6.95. The van der Waals surface area contributed by atoms with Crippen LogP contribution in [0.3, 0.4) is 0 Å². The van der Waals surface area contributed by atoms with E-state index in [-0.39, 0.29) is 0 Å². The molecule has 1 unspecified atom stereocenters. The Morgan fingerprint density at radius 1 is 1.35 bits per heavy atom. The van der Waals surface area contributed by atoms with Gasteiger partial charge in [-0.25, -0.2) is 0 Å². The van der Waals surface area contributed by atoms with Crippen molar-refractivity contribution in [1.29, 1.82) is 0 Å². The van der Waals surface area contributed by atoms with E-state index in [4.69, 9.17) is 0 Å². The van der Waals surface area contributed by atoms with Crippen molar-refractivity contribution >= 4 is 31.9 Å². The molecule has 1 saturated carbocycles. The van der Waals surface area contributed by atoms with Crippen molar-refractivity contribution in [2.45, 2.75) is 38.6 Å². The first-order valence-corrected chi connectivity index (χ1v) is 7.97. The Hall–Kier alpha value is 0.140. The Kier molecular flexibility index (Phi) is 5.07. The van der Waals surface area contributed by atoms with Gasteiger partial charge >= 0.3 is 0 Å². The Balaban J connectivity index is 2.13. The molecule has 0 bridgehead atoms. The van der Waals surface area contributed by atoms with Crippen molar-refractivity contribution in [3.8, 4) is 0 Å². The second kappa shape index (κ2) is 6.35. The van der Waals surface area contributed by atoms with E-state index in [0.29, 0.717) is 6.04 Å². The molecule has 0 aliphatic heterocycles. The van der Waals surface area contributed by atoms with E-state index in [1.807, 2.05) is 0 Å². The minimum atomic E-state index is 0.495. The molecule has 0 heterocycles. The summed E-state index contributed by atoms with van der Waals surface area (Å²) in [6.45, 7) is 3.31. The third kappa shape index (κ3) is 4.08. The molecular formula is C14H19Br2N. The second-order valence-electron chi connectivity index (χ2n) is 4.85. The van der Waals surface area contributed by atoms with Crippen molar-refractivity contribution in [2.75, 3.05) is 6.54 Å². The third-order valence-electron chi connectivity index (χ3n) is 3.24. The molecule has 0 aromatic heterocycles. The molecule has 1 aromatic carbocycles. The fourth-order valence-corrected chi connectivity index (χ4v) is 3.01. The Bertz CT molecular complexity index is 374. The number of hydrogen-bond donors (Lipinski definition) is 1. The predicted molar refractivity (Wildman–Crippen MR) is 80.2 cm³/mol. The molecule has 1 aromatic rings. The van der Waals surface area contributed by atoms with Crippen molar-refractivity contribution < 1.29 is 0 Å². The minimum Gasteiger partial charge on any atom is -0.310 e. The molecule has 1 N–H and O–H groups in total. The first kappa shape index (κ1) is 13.6. The maximum atomic E-state index is 3.67. The lowest BCUT2D eigenvalue weighted by molar-refractivity contribution is 0.472. The number of hydrogen-bond acceptors (Lipinski definition) is 1. The summed E-state index contributed by atoms with van der Waals surface area (Å²) in [5, 5.41) is 3.67. The monoisotopic (exact) mass is 359 g/mol. The predicted octanol–water partition coefficient (Wildman–Crippen LogP) is 5.05. The summed E-state index contributed by atoms with van der Waals surface area (Å²) in [5.74, 6) is 0.940. The summed E-state index contributed by atoms with van der Waals surface area (Å²) < 4.78 is 2.38. The summed E-state index contributed by atoms with van der Waals surface area (Å²) in [4.78, 5) is 0. The molecule has 2 rings (SSSR count). The molecule has 94 valence electrons. The fourth-order valence-electron chi connectivity index (χ4n) is 2.11. The molecule has 3 heteroatoms. The van der Waals surface area contributed by atoms with E-state index >= 15 is 0 Å². The molecule has 1 fully saturated rings. The molecule has 17 heavy (non-hydrogen) atoms. The highest BCUT2D eigenvalue weighted by Crippen LogP contribution is 2.39. The van der Waals surface area contributed by atoms with Crippen LogP contribution in [0.1, 0.15) is 44.2 Å². The van der Waals surface area contributed by atoms with E-state index in [2.05, 4.69) is 62.3 Å². The fraction of sp³-hybridized carbons (Fsp3) is 0.571. The van der Waals surface area contributed by atoms with E-state index in [1.165, 1.54) is 35.7 Å². The Morgan fingerprint density at radius 2 is 2.12 bits per heavy atom. The normalized spacial score (nSPS) is 17.1. The zero-order chi connectivity index (χ0) is 12.3. The quantitative estimate of drug-likeness (QED) is 0.748. The van der Waals surface area contributed by atoms with Crippen molar-refractivity contribution in [1.82, 2.24) is 5.32 Å². The van der Waals surface area contributed by atoms with Gasteiger partial charge in [0.1, 0.15) is 0 Å². The van der Waals surface area contributed by atoms with Gasteiger partial charge in [-0.1, -0.05) is 51.6 Å². The first-order valence-electron chi connectivity index (χ1n) is 6.39. The van der Waals surface area contributed by atoms with Crippen LogP contribution in [-0.4, -0.2) is 6.54 Å². The SMILES string of the molecule is CCCNC(CC1CC1)c1cc(Br)ccc1Br. The molecule has 1 aliphatic rings. The van der Waals surface area contributed by atoms with Crippen LogP contribution in [0.2, 0.25) is 0 Å². The van der Waals surface area contributed by atoms with Crippen LogP contribution in [0.15, 0.2) is 27.1 Å². The number of benzene rings is 1. The van der Waals surface area contributed by atoms with E-state index < -0.39 is 0 Å². The van der Waals surface area contributed by atoms with Gasteiger partial charge in [-0.3, -0.25) is 0 Å². The standard InChI is InChI=1S/C14H19Br2N/c1-2-7-17-14(8-10-3-4-10)12-9-11(15)5-6-13(12)16/h5-6,9-10,14,17H,2-4,7-8H2,1H3. The maximum absolute atomic E-state index is 3.67. The highest BCUT2D eigenvalue weighted by Gasteiger charge is 2.26. The lowest BCUT2D eigenvalue weighted by Crippen LogP contribution is -2.23. The number of rotatable bonds is 6. The van der Waals surface area contributed by atoms with Gasteiger partial charge in [0, 0.05) is 15.0 Å². The molecule has 1 nitrogen and oxygen atoms in total. The van der Waals surface area contributed by atoms with Gasteiger partial charge < -0.3 is 5.32 Å². The Labute approximate surface area is 121 Å². The van der Waals surface area contributed by atoms with Crippen LogP contribution < -0.4 is 5.32 Å². The van der Waals surface area contributed by atoms with Gasteiger partial charge in [0.2, 0.25) is 0 Å². The van der Waals surface area contributed by atoms with Gasteiger partial charge in [0.15, 0.2) is 0 Å². The zero-order valence-electron chi connectivity index (χ0n) is 10.2.